The van der Waals surface area contributed by atoms with E-state index < -0.39 is 10.4 Å². The number of hydrogen-bond acceptors (Lipinski definition) is 4. The summed E-state index contributed by atoms with van der Waals surface area (Å²) in [4.78, 5) is 0. The second-order valence-corrected chi connectivity index (χ2v) is 5.23. The molecule has 92 valence electrons. The van der Waals surface area contributed by atoms with Crippen molar-refractivity contribution in [3.05, 3.63) is 0 Å². The maximum absolute atomic E-state index is 10.1. The van der Waals surface area contributed by atoms with Crippen LogP contribution in [0.5, 0.6) is 0 Å². The summed E-state index contributed by atoms with van der Waals surface area (Å²) in [5, 5.41) is 0. The van der Waals surface area contributed by atoms with Gasteiger partial charge in [0, 0.05) is 0 Å². The molecule has 0 spiro atoms. The first kappa shape index (κ1) is 19.2. The van der Waals surface area contributed by atoms with Crippen LogP contribution in [0.2, 0.25) is 0 Å². The normalized spacial score (nSPS) is 11.5. The molecule has 0 aromatic rings. The molecule has 0 N–H and O–H groups in total. The van der Waals surface area contributed by atoms with Crippen LogP contribution in [-0.4, -0.2) is 19.6 Å². The Morgan fingerprint density at radius 2 is 1.56 bits per heavy atom. The molecule has 0 fully saturated rings. The van der Waals surface area contributed by atoms with Gasteiger partial charge in [0.1, 0.15) is 0 Å². The number of unbranched alkanes of at least 4 members (excludes halogenated alkanes) is 4. The molecule has 0 bridgehead atoms. The van der Waals surface area contributed by atoms with Crippen molar-refractivity contribution >= 4 is 10.4 Å². The summed E-state index contributed by atoms with van der Waals surface area (Å²) in [6.45, 7) is 4.43. The van der Waals surface area contributed by atoms with Crippen LogP contribution in [0, 0.1) is 5.92 Å². The van der Waals surface area contributed by atoms with Crippen molar-refractivity contribution in [1.29, 1.82) is 0 Å². The molecule has 0 amide bonds. The van der Waals surface area contributed by atoms with E-state index in [4.69, 9.17) is 0 Å². The van der Waals surface area contributed by atoms with Gasteiger partial charge in [-0.3, -0.25) is 4.18 Å². The first-order valence-electron chi connectivity index (χ1n) is 5.52. The van der Waals surface area contributed by atoms with Crippen LogP contribution in [0.4, 0.5) is 0 Å². The molecule has 0 aliphatic carbocycles. The van der Waals surface area contributed by atoms with Gasteiger partial charge in [0.25, 0.3) is 0 Å². The van der Waals surface area contributed by atoms with Gasteiger partial charge in [-0.15, -0.1) is 0 Å². The monoisotopic (exact) mass is 260 g/mol. The Morgan fingerprint density at radius 3 is 2.06 bits per heavy atom. The number of hydrogen-bond donors (Lipinski definition) is 0. The molecule has 0 radical (unpaired) electrons. The van der Waals surface area contributed by atoms with Gasteiger partial charge >= 0.3 is 29.6 Å². The maximum Gasteiger partial charge on any atom is 1.00 e. The zero-order valence-electron chi connectivity index (χ0n) is 10.6. The summed E-state index contributed by atoms with van der Waals surface area (Å²) >= 11 is 0. The van der Waals surface area contributed by atoms with Crippen LogP contribution in [0.1, 0.15) is 52.4 Å². The molecule has 0 aromatic heterocycles. The SMILES string of the molecule is CC(C)CCCCCCCOS(=O)(=O)[O-].[Na+]. The average molecular weight is 260 g/mol. The van der Waals surface area contributed by atoms with Gasteiger partial charge in [-0.05, 0) is 12.3 Å². The van der Waals surface area contributed by atoms with Crippen molar-refractivity contribution in [2.75, 3.05) is 6.61 Å². The summed E-state index contributed by atoms with van der Waals surface area (Å²) < 4.78 is 34.3. The van der Waals surface area contributed by atoms with E-state index in [0.29, 0.717) is 6.42 Å². The summed E-state index contributed by atoms with van der Waals surface area (Å²) in [6.07, 6.45) is 6.28. The molecule has 0 rings (SSSR count). The second kappa shape index (κ2) is 11.0. The van der Waals surface area contributed by atoms with Crippen molar-refractivity contribution in [3.8, 4) is 0 Å². The van der Waals surface area contributed by atoms with Gasteiger partial charge in [0.15, 0.2) is 0 Å². The molecule has 0 aromatic carbocycles. The molecular weight excluding hydrogens is 239 g/mol. The minimum absolute atomic E-state index is 0. The molecule has 0 saturated heterocycles. The Kier molecular flexibility index (Phi) is 13.2. The summed E-state index contributed by atoms with van der Waals surface area (Å²) in [6, 6.07) is 0. The third-order valence-corrected chi connectivity index (χ3v) is 2.61. The Hall–Kier alpha value is 0.870. The van der Waals surface area contributed by atoms with Crippen molar-refractivity contribution < 1.29 is 46.7 Å². The van der Waals surface area contributed by atoms with Gasteiger partial charge in [-0.1, -0.05) is 46.0 Å². The van der Waals surface area contributed by atoms with Crippen LogP contribution in [0.25, 0.3) is 0 Å². The van der Waals surface area contributed by atoms with Crippen LogP contribution in [0.3, 0.4) is 0 Å². The Bertz CT molecular complexity index is 239. The van der Waals surface area contributed by atoms with Gasteiger partial charge in [0.2, 0.25) is 10.4 Å². The van der Waals surface area contributed by atoms with E-state index in [1.165, 1.54) is 19.3 Å². The maximum atomic E-state index is 10.1. The largest absolute Gasteiger partial charge is 1.00 e. The Labute approximate surface area is 121 Å². The van der Waals surface area contributed by atoms with Gasteiger partial charge in [0.05, 0.1) is 6.61 Å². The fourth-order valence-electron chi connectivity index (χ4n) is 1.35. The summed E-state index contributed by atoms with van der Waals surface area (Å²) in [5.41, 5.74) is 0. The van der Waals surface area contributed by atoms with Crippen molar-refractivity contribution in [2.45, 2.75) is 52.4 Å². The minimum Gasteiger partial charge on any atom is -0.726 e. The summed E-state index contributed by atoms with van der Waals surface area (Å²) in [5.74, 6) is 0.749. The molecule has 0 atom stereocenters. The fraction of sp³-hybridized carbons (Fsp3) is 1.00. The first-order valence-corrected chi connectivity index (χ1v) is 6.85. The van der Waals surface area contributed by atoms with E-state index in [9.17, 15) is 13.0 Å². The van der Waals surface area contributed by atoms with E-state index >= 15 is 0 Å². The molecule has 0 heterocycles. The predicted octanol–water partition coefficient (Wildman–Crippen LogP) is -0.536. The molecular formula is C10H21NaO4S. The second-order valence-electron chi connectivity index (χ2n) is 4.18. The molecule has 0 aliphatic rings. The fourth-order valence-corrected chi connectivity index (χ4v) is 1.67. The van der Waals surface area contributed by atoms with Crippen molar-refractivity contribution in [1.82, 2.24) is 0 Å². The van der Waals surface area contributed by atoms with Crippen LogP contribution < -0.4 is 29.6 Å². The van der Waals surface area contributed by atoms with Gasteiger partial charge < -0.3 is 4.55 Å². The smallest absolute Gasteiger partial charge is 0.726 e. The average Bonchev–Trinajstić information content (AvgIpc) is 2.07. The number of rotatable bonds is 9. The van der Waals surface area contributed by atoms with Crippen LogP contribution in [-0.2, 0) is 14.6 Å². The van der Waals surface area contributed by atoms with E-state index in [1.807, 2.05) is 0 Å². The third-order valence-electron chi connectivity index (χ3n) is 2.15. The molecule has 0 saturated carbocycles. The predicted molar refractivity (Wildman–Crippen MR) is 58.2 cm³/mol. The van der Waals surface area contributed by atoms with E-state index in [0.717, 1.165) is 18.8 Å². The zero-order valence-corrected chi connectivity index (χ0v) is 13.4. The zero-order chi connectivity index (χ0) is 11.7. The third kappa shape index (κ3) is 17.3. The van der Waals surface area contributed by atoms with Crippen LogP contribution >= 0.6 is 0 Å². The van der Waals surface area contributed by atoms with E-state index in [2.05, 4.69) is 18.0 Å². The van der Waals surface area contributed by atoms with Gasteiger partial charge in [-0.2, -0.15) is 0 Å². The molecule has 0 aliphatic heterocycles. The Balaban J connectivity index is 0. The van der Waals surface area contributed by atoms with Crippen molar-refractivity contribution in [3.63, 3.8) is 0 Å². The molecule has 6 heteroatoms. The summed E-state index contributed by atoms with van der Waals surface area (Å²) in [7, 11) is -4.48. The molecule has 0 unspecified atom stereocenters. The van der Waals surface area contributed by atoms with Gasteiger partial charge in [-0.25, -0.2) is 8.42 Å². The standard InChI is InChI=1S/C10H22O4S.Na/c1-10(2)8-6-4-3-5-7-9-14-15(11,12)13;/h10H,3-9H2,1-2H3,(H,11,12,13);/q;+1/p-1. The quantitative estimate of drug-likeness (QED) is 0.242. The van der Waals surface area contributed by atoms with E-state index in [1.54, 1.807) is 0 Å². The van der Waals surface area contributed by atoms with Crippen LogP contribution in [0.15, 0.2) is 0 Å². The minimum atomic E-state index is -4.48. The van der Waals surface area contributed by atoms with Crippen molar-refractivity contribution in [2.24, 2.45) is 5.92 Å². The molecule has 4 nitrogen and oxygen atoms in total. The molecule has 16 heavy (non-hydrogen) atoms. The first-order chi connectivity index (χ1) is 6.92. The topological polar surface area (TPSA) is 66.4 Å². The van der Waals surface area contributed by atoms with E-state index in [-0.39, 0.29) is 36.2 Å². The Morgan fingerprint density at radius 1 is 1.06 bits per heavy atom.